The molecule has 0 bridgehead atoms. The molecule has 0 saturated carbocycles. The molecule has 0 amide bonds. The zero-order valence-corrected chi connectivity index (χ0v) is 20.6. The summed E-state index contributed by atoms with van der Waals surface area (Å²) in [6.07, 6.45) is 2.72. The van der Waals surface area contributed by atoms with Crippen molar-refractivity contribution in [3.63, 3.8) is 0 Å². The fourth-order valence-corrected chi connectivity index (χ4v) is 6.36. The fourth-order valence-electron chi connectivity index (χ4n) is 3.62. The zero-order chi connectivity index (χ0) is 21.0. The Hall–Kier alpha value is -1.29. The Morgan fingerprint density at radius 2 is 1.76 bits per heavy atom. The molecule has 1 aromatic rings. The lowest BCUT2D eigenvalue weighted by atomic mass is 9.76. The van der Waals surface area contributed by atoms with Crippen LogP contribution >= 0.6 is 63.7 Å². The first kappa shape index (κ1) is 21.0. The van der Waals surface area contributed by atoms with Crippen molar-refractivity contribution in [1.29, 1.82) is 0 Å². The predicted octanol–water partition coefficient (Wildman–Crippen LogP) is 5.25. The van der Waals surface area contributed by atoms with Gasteiger partial charge < -0.3 is 9.84 Å². The highest BCUT2D eigenvalue weighted by molar-refractivity contribution is 9.13. The van der Waals surface area contributed by atoms with E-state index in [1.807, 2.05) is 0 Å². The molecular formula is C20H10Br4O5. The number of aromatic carboxylic acids is 1. The Labute approximate surface area is 199 Å². The van der Waals surface area contributed by atoms with E-state index in [2.05, 4.69) is 63.7 Å². The second-order valence-corrected chi connectivity index (χ2v) is 10.0. The van der Waals surface area contributed by atoms with Crippen LogP contribution in [0.4, 0.5) is 0 Å². The number of carbonyl (C=O) groups excluding carboxylic acids is 2. The molecule has 3 aliphatic rings. The molecule has 4 rings (SSSR count). The molecule has 1 aliphatic heterocycles. The second-order valence-electron chi connectivity index (χ2n) is 6.53. The number of carboxylic acid groups (broad SMARTS) is 1. The third-order valence-corrected chi connectivity index (χ3v) is 7.81. The maximum Gasteiger partial charge on any atom is 0.336 e. The van der Waals surface area contributed by atoms with Crippen molar-refractivity contribution in [3.8, 4) is 0 Å². The molecule has 0 radical (unpaired) electrons. The van der Waals surface area contributed by atoms with Crippen LogP contribution < -0.4 is 0 Å². The van der Waals surface area contributed by atoms with Gasteiger partial charge in [-0.3, -0.25) is 9.59 Å². The Morgan fingerprint density at radius 1 is 1.07 bits per heavy atom. The summed E-state index contributed by atoms with van der Waals surface area (Å²) >= 11 is 13.3. The summed E-state index contributed by atoms with van der Waals surface area (Å²) in [7, 11) is 0. The number of halogens is 4. The van der Waals surface area contributed by atoms with Gasteiger partial charge in [0.05, 0.1) is 14.5 Å². The summed E-state index contributed by atoms with van der Waals surface area (Å²) in [5.74, 6) is -1.68. The van der Waals surface area contributed by atoms with Gasteiger partial charge in [0.1, 0.15) is 21.2 Å². The minimum atomic E-state index is -1.07. The van der Waals surface area contributed by atoms with Gasteiger partial charge in [-0.25, -0.2) is 4.79 Å². The molecule has 1 aromatic carbocycles. The van der Waals surface area contributed by atoms with E-state index in [1.54, 1.807) is 30.4 Å². The van der Waals surface area contributed by atoms with E-state index in [9.17, 15) is 19.5 Å². The van der Waals surface area contributed by atoms with Crippen LogP contribution in [0.3, 0.4) is 0 Å². The van der Waals surface area contributed by atoms with Gasteiger partial charge in [0.25, 0.3) is 0 Å². The standard InChI is InChI=1S/C20H10Br4O5/c21-11-5-9-13(7-3-1-2-4-8(7)20(27)28)10-6-12(22)17(26)15(24)19(10)29-18(9)14(23)16(11)25/h1-6,9,14,18H,(H,27,28). The van der Waals surface area contributed by atoms with E-state index in [4.69, 9.17) is 4.74 Å². The van der Waals surface area contributed by atoms with Crippen LogP contribution in [0.2, 0.25) is 0 Å². The number of ether oxygens (including phenoxy) is 1. The van der Waals surface area contributed by atoms with Crippen molar-refractivity contribution < 1.29 is 24.2 Å². The first-order chi connectivity index (χ1) is 13.7. The summed E-state index contributed by atoms with van der Waals surface area (Å²) in [6, 6.07) is 6.66. The fraction of sp³-hybridized carbons (Fsp3) is 0.150. The lowest BCUT2D eigenvalue weighted by molar-refractivity contribution is -0.117. The van der Waals surface area contributed by atoms with E-state index in [-0.39, 0.29) is 21.6 Å². The van der Waals surface area contributed by atoms with E-state index in [1.165, 1.54) is 6.07 Å². The summed E-state index contributed by atoms with van der Waals surface area (Å²) in [6.45, 7) is 0. The normalized spacial score (nSPS) is 26.4. The van der Waals surface area contributed by atoms with Crippen molar-refractivity contribution in [2.45, 2.75) is 10.9 Å². The number of alkyl halides is 1. The average molecular weight is 650 g/mol. The quantitative estimate of drug-likeness (QED) is 0.443. The maximum absolute atomic E-state index is 12.5. The number of allylic oxidation sites excluding steroid dienone is 4. The minimum absolute atomic E-state index is 0.125. The molecule has 0 fully saturated rings. The van der Waals surface area contributed by atoms with Gasteiger partial charge in [0, 0.05) is 11.5 Å². The largest absolute Gasteiger partial charge is 0.486 e. The molecule has 1 N–H and O–H groups in total. The van der Waals surface area contributed by atoms with Gasteiger partial charge in [-0.15, -0.1) is 0 Å². The van der Waals surface area contributed by atoms with Gasteiger partial charge in [-0.1, -0.05) is 40.2 Å². The second kappa shape index (κ2) is 7.76. The highest BCUT2D eigenvalue weighted by atomic mass is 79.9. The van der Waals surface area contributed by atoms with Crippen LogP contribution in [-0.4, -0.2) is 33.6 Å². The Morgan fingerprint density at radius 3 is 2.45 bits per heavy atom. The first-order valence-electron chi connectivity index (χ1n) is 8.33. The van der Waals surface area contributed by atoms with Gasteiger partial charge in [-0.2, -0.15) is 0 Å². The molecular weight excluding hydrogens is 640 g/mol. The third-order valence-electron chi connectivity index (χ3n) is 4.91. The third kappa shape index (κ3) is 3.36. The number of fused-ring (bicyclic) bond motifs is 2. The Balaban J connectivity index is 2.09. The number of hydrogen-bond donors (Lipinski definition) is 1. The smallest absolute Gasteiger partial charge is 0.336 e. The van der Waals surface area contributed by atoms with Gasteiger partial charge in [-0.05, 0) is 71.1 Å². The van der Waals surface area contributed by atoms with Crippen molar-refractivity contribution in [2.24, 2.45) is 5.92 Å². The van der Waals surface area contributed by atoms with E-state index in [0.717, 1.165) is 0 Å². The van der Waals surface area contributed by atoms with E-state index in [0.29, 0.717) is 31.4 Å². The molecule has 0 aromatic heterocycles. The topological polar surface area (TPSA) is 80.7 Å². The Bertz CT molecular complexity index is 1110. The number of ketones is 2. The highest BCUT2D eigenvalue weighted by Crippen LogP contribution is 2.50. The molecule has 148 valence electrons. The minimum Gasteiger partial charge on any atom is -0.486 e. The Kier molecular flexibility index (Phi) is 5.61. The number of rotatable bonds is 2. The number of carbonyl (C=O) groups is 3. The van der Waals surface area contributed by atoms with E-state index >= 15 is 0 Å². The van der Waals surface area contributed by atoms with Crippen LogP contribution in [0.1, 0.15) is 15.9 Å². The lowest BCUT2D eigenvalue weighted by Crippen LogP contribution is -2.44. The zero-order valence-electron chi connectivity index (χ0n) is 14.3. The molecule has 2 aliphatic carbocycles. The van der Waals surface area contributed by atoms with Crippen LogP contribution in [0.5, 0.6) is 0 Å². The molecule has 3 unspecified atom stereocenters. The van der Waals surface area contributed by atoms with Crippen LogP contribution in [0, 0.1) is 5.92 Å². The molecule has 3 atom stereocenters. The molecule has 0 spiro atoms. The van der Waals surface area contributed by atoms with Crippen molar-refractivity contribution in [1.82, 2.24) is 0 Å². The molecule has 9 heteroatoms. The molecule has 29 heavy (non-hydrogen) atoms. The van der Waals surface area contributed by atoms with Crippen LogP contribution in [-0.2, 0) is 14.3 Å². The molecule has 1 heterocycles. The monoisotopic (exact) mass is 646 g/mol. The summed E-state index contributed by atoms with van der Waals surface area (Å²) in [5, 5.41) is 9.74. The van der Waals surface area contributed by atoms with Crippen molar-refractivity contribution >= 4 is 86.8 Å². The number of hydrogen-bond acceptors (Lipinski definition) is 4. The molecule has 5 nitrogen and oxygen atoms in total. The van der Waals surface area contributed by atoms with Crippen molar-refractivity contribution in [2.75, 3.05) is 0 Å². The highest BCUT2D eigenvalue weighted by Gasteiger charge is 2.47. The maximum atomic E-state index is 12.5. The summed E-state index contributed by atoms with van der Waals surface area (Å²) in [5.41, 5.74) is 1.89. The molecule has 0 saturated heterocycles. The number of carboxylic acids is 1. The first-order valence-corrected chi connectivity index (χ1v) is 11.6. The lowest BCUT2D eigenvalue weighted by Gasteiger charge is -2.41. The van der Waals surface area contributed by atoms with Crippen molar-refractivity contribution in [3.05, 3.63) is 72.3 Å². The van der Waals surface area contributed by atoms with Gasteiger partial charge in [0.15, 0.2) is 5.78 Å². The van der Waals surface area contributed by atoms with Crippen LogP contribution in [0.25, 0.3) is 5.57 Å². The van der Waals surface area contributed by atoms with E-state index < -0.39 is 22.8 Å². The van der Waals surface area contributed by atoms with Gasteiger partial charge in [0.2, 0.25) is 5.78 Å². The summed E-state index contributed by atoms with van der Waals surface area (Å²) < 4.78 is 7.04. The average Bonchev–Trinajstić information content (AvgIpc) is 2.69. The number of benzene rings is 1. The number of Topliss-reactive ketones (excluding diaryl/α,β-unsaturated/α-hetero) is 2. The van der Waals surface area contributed by atoms with Crippen LogP contribution in [0.15, 0.2) is 61.2 Å². The van der Waals surface area contributed by atoms with Gasteiger partial charge >= 0.3 is 5.97 Å². The summed E-state index contributed by atoms with van der Waals surface area (Å²) in [4.78, 5) is 36.2. The SMILES string of the molecule is O=C1C(Br)=CC2=C(c3ccccc3C(=O)O)C3C=C(Br)C(=O)C(Br)C3OC2=C1Br. The predicted molar refractivity (Wildman–Crippen MR) is 121 cm³/mol.